The predicted octanol–water partition coefficient (Wildman–Crippen LogP) is 2.21. The average Bonchev–Trinajstić information content (AvgIpc) is 2.47. The maximum Gasteiger partial charge on any atom is 0.387 e. The standard InChI is InChI=1S/C16H26F2N4O3S.HI/c1-11-6-7-13(25-14(17)18)12(8-11)9-20-15(19-4)21-10-16(2,3)22-26(5,23)24;/h6-8,14,22H,9-10H2,1-5H3,(H2,19,20,21);1H. The van der Waals surface area contributed by atoms with E-state index in [2.05, 4.69) is 25.1 Å². The molecule has 0 bridgehead atoms. The summed E-state index contributed by atoms with van der Waals surface area (Å²) < 4.78 is 54.8. The first kappa shape index (κ1) is 25.8. The van der Waals surface area contributed by atoms with Gasteiger partial charge in [0.15, 0.2) is 5.96 Å². The van der Waals surface area contributed by atoms with Crippen LogP contribution in [0.1, 0.15) is 25.0 Å². The number of rotatable bonds is 8. The smallest absolute Gasteiger partial charge is 0.387 e. The van der Waals surface area contributed by atoms with Gasteiger partial charge in [-0.25, -0.2) is 13.1 Å². The van der Waals surface area contributed by atoms with Crippen LogP contribution in [0.15, 0.2) is 23.2 Å². The molecule has 156 valence electrons. The first-order valence-electron chi connectivity index (χ1n) is 7.90. The van der Waals surface area contributed by atoms with E-state index in [1.807, 2.05) is 6.92 Å². The van der Waals surface area contributed by atoms with Crippen LogP contribution in [-0.2, 0) is 16.6 Å². The zero-order valence-corrected chi connectivity index (χ0v) is 19.1. The van der Waals surface area contributed by atoms with E-state index in [1.54, 1.807) is 33.0 Å². The number of nitrogens with one attached hydrogen (secondary N) is 3. The largest absolute Gasteiger partial charge is 0.434 e. The second kappa shape index (κ2) is 11.0. The van der Waals surface area contributed by atoms with Gasteiger partial charge in [0, 0.05) is 31.2 Å². The number of guanidine groups is 1. The van der Waals surface area contributed by atoms with Gasteiger partial charge in [0.2, 0.25) is 10.0 Å². The summed E-state index contributed by atoms with van der Waals surface area (Å²) in [5.41, 5.74) is 0.727. The molecular formula is C16H27F2IN4O3S. The van der Waals surface area contributed by atoms with E-state index < -0.39 is 22.2 Å². The molecule has 3 N–H and O–H groups in total. The highest BCUT2D eigenvalue weighted by atomic mass is 127. The molecule has 0 fully saturated rings. The average molecular weight is 520 g/mol. The molecule has 0 saturated carbocycles. The van der Waals surface area contributed by atoms with Gasteiger partial charge >= 0.3 is 6.61 Å². The van der Waals surface area contributed by atoms with E-state index in [0.717, 1.165) is 11.8 Å². The number of aliphatic imine (C=N–C) groups is 1. The summed E-state index contributed by atoms with van der Waals surface area (Å²) in [7, 11) is -1.80. The van der Waals surface area contributed by atoms with Crippen LogP contribution in [0.2, 0.25) is 0 Å². The van der Waals surface area contributed by atoms with E-state index >= 15 is 0 Å². The summed E-state index contributed by atoms with van der Waals surface area (Å²) in [5.74, 6) is 0.491. The van der Waals surface area contributed by atoms with E-state index in [0.29, 0.717) is 11.5 Å². The molecule has 0 amide bonds. The van der Waals surface area contributed by atoms with Crippen LogP contribution in [0.4, 0.5) is 8.78 Å². The maximum absolute atomic E-state index is 12.5. The van der Waals surface area contributed by atoms with Crippen molar-refractivity contribution in [2.75, 3.05) is 19.8 Å². The molecule has 0 radical (unpaired) electrons. The Hall–Kier alpha value is -1.21. The molecule has 0 unspecified atom stereocenters. The van der Waals surface area contributed by atoms with Crippen molar-refractivity contribution in [3.05, 3.63) is 29.3 Å². The highest BCUT2D eigenvalue weighted by Gasteiger charge is 2.22. The molecule has 0 spiro atoms. The number of sulfonamides is 1. The fourth-order valence-electron chi connectivity index (χ4n) is 2.30. The first-order chi connectivity index (χ1) is 11.9. The van der Waals surface area contributed by atoms with Gasteiger partial charge in [0.25, 0.3) is 0 Å². The zero-order valence-electron chi connectivity index (χ0n) is 16.0. The molecule has 0 aromatic heterocycles. The van der Waals surface area contributed by atoms with Crippen molar-refractivity contribution in [3.63, 3.8) is 0 Å². The number of ether oxygens (including phenoxy) is 1. The molecule has 0 aliphatic carbocycles. The third-order valence-corrected chi connectivity index (χ3v) is 4.18. The normalized spacial score (nSPS) is 12.5. The first-order valence-corrected chi connectivity index (χ1v) is 9.79. The highest BCUT2D eigenvalue weighted by Crippen LogP contribution is 2.21. The number of halogens is 3. The minimum Gasteiger partial charge on any atom is -0.434 e. The van der Waals surface area contributed by atoms with Gasteiger partial charge in [0.1, 0.15) is 5.75 Å². The lowest BCUT2D eigenvalue weighted by Crippen LogP contribution is -2.52. The van der Waals surface area contributed by atoms with Gasteiger partial charge in [-0.1, -0.05) is 17.7 Å². The number of benzene rings is 1. The lowest BCUT2D eigenvalue weighted by atomic mass is 10.1. The third kappa shape index (κ3) is 10.6. The molecule has 11 heteroatoms. The molecule has 7 nitrogen and oxygen atoms in total. The molecule has 27 heavy (non-hydrogen) atoms. The number of nitrogens with zero attached hydrogens (tertiary/aromatic N) is 1. The summed E-state index contributed by atoms with van der Waals surface area (Å²) in [5, 5.41) is 6.00. The monoisotopic (exact) mass is 520 g/mol. The van der Waals surface area contributed by atoms with Gasteiger partial charge in [-0.05, 0) is 26.8 Å². The number of alkyl halides is 2. The molecule has 1 aromatic carbocycles. The Kier molecular flexibility index (Phi) is 10.5. The number of hydrogen-bond donors (Lipinski definition) is 3. The van der Waals surface area contributed by atoms with E-state index in [9.17, 15) is 17.2 Å². The van der Waals surface area contributed by atoms with Crippen molar-refractivity contribution in [2.24, 2.45) is 4.99 Å². The maximum atomic E-state index is 12.5. The van der Waals surface area contributed by atoms with Crippen LogP contribution in [0.3, 0.4) is 0 Å². The summed E-state index contributed by atoms with van der Waals surface area (Å²) in [6.45, 7) is 2.88. The van der Waals surface area contributed by atoms with Gasteiger partial charge in [-0.2, -0.15) is 8.78 Å². The third-order valence-electron chi connectivity index (χ3n) is 3.26. The van der Waals surface area contributed by atoms with Crippen molar-refractivity contribution >= 4 is 40.0 Å². The lowest BCUT2D eigenvalue weighted by Gasteiger charge is -2.26. The van der Waals surface area contributed by atoms with E-state index in [4.69, 9.17) is 0 Å². The van der Waals surface area contributed by atoms with Crippen LogP contribution >= 0.6 is 24.0 Å². The Morgan fingerprint density at radius 1 is 1.30 bits per heavy atom. The predicted molar refractivity (Wildman–Crippen MR) is 113 cm³/mol. The van der Waals surface area contributed by atoms with Crippen LogP contribution in [-0.4, -0.2) is 46.4 Å². The Morgan fingerprint density at radius 3 is 2.44 bits per heavy atom. The van der Waals surface area contributed by atoms with Crippen LogP contribution in [0.25, 0.3) is 0 Å². The summed E-state index contributed by atoms with van der Waals surface area (Å²) in [6.07, 6.45) is 1.09. The van der Waals surface area contributed by atoms with Crippen molar-refractivity contribution in [2.45, 2.75) is 39.5 Å². The molecule has 0 aliphatic heterocycles. The van der Waals surface area contributed by atoms with Crippen LogP contribution in [0.5, 0.6) is 5.75 Å². The van der Waals surface area contributed by atoms with E-state index in [1.165, 1.54) is 6.07 Å². The minimum atomic E-state index is -3.35. The SMILES string of the molecule is CN=C(NCc1cc(C)ccc1OC(F)F)NCC(C)(C)NS(C)(=O)=O.I. The minimum absolute atomic E-state index is 0. The molecule has 0 saturated heterocycles. The van der Waals surface area contributed by atoms with Gasteiger partial charge in [-0.15, -0.1) is 24.0 Å². The summed E-state index contributed by atoms with van der Waals surface area (Å²) in [4.78, 5) is 4.04. The van der Waals surface area contributed by atoms with Gasteiger partial charge in [-0.3, -0.25) is 4.99 Å². The molecule has 0 atom stereocenters. The molecule has 1 aromatic rings. The van der Waals surface area contributed by atoms with Gasteiger partial charge < -0.3 is 15.4 Å². The topological polar surface area (TPSA) is 91.8 Å². The number of hydrogen-bond acceptors (Lipinski definition) is 4. The fraction of sp³-hybridized carbons (Fsp3) is 0.562. The quantitative estimate of drug-likeness (QED) is 0.278. The summed E-state index contributed by atoms with van der Waals surface area (Å²) >= 11 is 0. The van der Waals surface area contributed by atoms with Crippen molar-refractivity contribution in [3.8, 4) is 5.75 Å². The second-order valence-corrected chi connectivity index (χ2v) is 8.28. The second-order valence-electron chi connectivity index (χ2n) is 6.53. The van der Waals surface area contributed by atoms with Crippen molar-refractivity contribution in [1.82, 2.24) is 15.4 Å². The Morgan fingerprint density at radius 2 is 1.93 bits per heavy atom. The molecular weight excluding hydrogens is 493 g/mol. The summed E-state index contributed by atoms with van der Waals surface area (Å²) in [6, 6.07) is 4.93. The molecule has 0 heterocycles. The Labute approximate surface area is 176 Å². The zero-order chi connectivity index (χ0) is 20.0. The Balaban J connectivity index is 0.00000676. The van der Waals surface area contributed by atoms with Crippen LogP contribution in [0, 0.1) is 6.92 Å². The molecule has 1 rings (SSSR count). The van der Waals surface area contributed by atoms with E-state index in [-0.39, 0.29) is 42.8 Å². The van der Waals surface area contributed by atoms with Gasteiger partial charge in [0.05, 0.1) is 6.26 Å². The Bertz CT molecular complexity index is 743. The molecule has 0 aliphatic rings. The number of aryl methyl sites for hydroxylation is 1. The van der Waals surface area contributed by atoms with Crippen molar-refractivity contribution in [1.29, 1.82) is 0 Å². The van der Waals surface area contributed by atoms with Crippen molar-refractivity contribution < 1.29 is 21.9 Å². The van der Waals surface area contributed by atoms with Crippen LogP contribution < -0.4 is 20.1 Å². The fourth-order valence-corrected chi connectivity index (χ4v) is 3.38. The lowest BCUT2D eigenvalue weighted by molar-refractivity contribution is -0.0504. The highest BCUT2D eigenvalue weighted by molar-refractivity contribution is 14.0.